The van der Waals surface area contributed by atoms with E-state index in [4.69, 9.17) is 0 Å². The molecule has 0 aromatic carbocycles. The maximum Gasteiger partial charge on any atom is 0.138 e. The largest absolute Gasteiger partial charge is 0.299 e. The summed E-state index contributed by atoms with van der Waals surface area (Å²) in [5.41, 5.74) is -0.126. The molecule has 1 nitrogen and oxygen atoms in total. The van der Waals surface area contributed by atoms with Gasteiger partial charge in [-0.05, 0) is 12.3 Å². The van der Waals surface area contributed by atoms with Crippen molar-refractivity contribution in [3.63, 3.8) is 0 Å². The van der Waals surface area contributed by atoms with Crippen LogP contribution in [0.2, 0.25) is 0 Å². The minimum absolute atomic E-state index is 0.126. The third kappa shape index (κ3) is 3.50. The van der Waals surface area contributed by atoms with Crippen LogP contribution in [0.25, 0.3) is 0 Å². The lowest BCUT2D eigenvalue weighted by Gasteiger charge is -2.17. The van der Waals surface area contributed by atoms with Crippen LogP contribution in [-0.4, -0.2) is 5.78 Å². The zero-order valence-corrected chi connectivity index (χ0v) is 9.23. The van der Waals surface area contributed by atoms with E-state index in [1.165, 1.54) is 25.7 Å². The molecule has 13 heavy (non-hydrogen) atoms. The quantitative estimate of drug-likeness (QED) is 0.652. The summed E-state index contributed by atoms with van der Waals surface area (Å²) in [6.45, 7) is 6.05. The van der Waals surface area contributed by atoms with Gasteiger partial charge in [0.1, 0.15) is 5.78 Å². The highest BCUT2D eigenvalue weighted by molar-refractivity contribution is 5.83. The Morgan fingerprint density at radius 3 is 2.23 bits per heavy atom. The van der Waals surface area contributed by atoms with Gasteiger partial charge >= 0.3 is 0 Å². The zero-order chi connectivity index (χ0) is 9.90. The normalized spacial score (nSPS) is 19.3. The van der Waals surface area contributed by atoms with Crippen molar-refractivity contribution in [1.82, 2.24) is 0 Å². The minimum Gasteiger partial charge on any atom is -0.299 e. The number of Topliss-reactive ketones (excluding diaryl/α,β-unsaturated/α-hetero) is 1. The third-order valence-electron chi connectivity index (χ3n) is 3.09. The van der Waals surface area contributed by atoms with E-state index in [1.54, 1.807) is 0 Å². The maximum absolute atomic E-state index is 11.6. The van der Waals surface area contributed by atoms with Crippen molar-refractivity contribution < 1.29 is 4.79 Å². The van der Waals surface area contributed by atoms with Crippen LogP contribution in [-0.2, 0) is 4.79 Å². The van der Waals surface area contributed by atoms with E-state index in [0.29, 0.717) is 5.78 Å². The van der Waals surface area contributed by atoms with Gasteiger partial charge in [-0.3, -0.25) is 4.79 Å². The molecule has 0 aromatic rings. The number of hydrogen-bond acceptors (Lipinski definition) is 1. The highest BCUT2D eigenvalue weighted by atomic mass is 16.1. The van der Waals surface area contributed by atoms with E-state index in [9.17, 15) is 4.79 Å². The molecule has 0 radical (unpaired) electrons. The Hall–Kier alpha value is -0.330. The Bertz CT molecular complexity index is 170. The predicted octanol–water partition coefficient (Wildman–Crippen LogP) is 3.57. The topological polar surface area (TPSA) is 17.1 Å². The van der Waals surface area contributed by atoms with E-state index in [0.717, 1.165) is 18.8 Å². The Kier molecular flexibility index (Phi) is 3.52. The highest BCUT2D eigenvalue weighted by Crippen LogP contribution is 2.30. The first kappa shape index (κ1) is 10.7. The number of ketones is 1. The SMILES string of the molecule is CC(C)(C)C(=O)CCC1CCCC1. The van der Waals surface area contributed by atoms with Crippen LogP contribution in [0.1, 0.15) is 59.3 Å². The number of carbonyl (C=O) groups excluding carboxylic acids is 1. The summed E-state index contributed by atoms with van der Waals surface area (Å²) in [7, 11) is 0. The van der Waals surface area contributed by atoms with Crippen molar-refractivity contribution in [3.8, 4) is 0 Å². The average Bonchev–Trinajstić information content (AvgIpc) is 2.50. The van der Waals surface area contributed by atoms with Gasteiger partial charge in [0.05, 0.1) is 0 Å². The molecule has 0 N–H and O–H groups in total. The van der Waals surface area contributed by atoms with Gasteiger partial charge in [-0.1, -0.05) is 46.5 Å². The third-order valence-corrected chi connectivity index (χ3v) is 3.09. The van der Waals surface area contributed by atoms with Crippen molar-refractivity contribution >= 4 is 5.78 Å². The lowest BCUT2D eigenvalue weighted by molar-refractivity contribution is -0.126. The number of hydrogen-bond donors (Lipinski definition) is 0. The van der Waals surface area contributed by atoms with Gasteiger partial charge in [-0.25, -0.2) is 0 Å². The molecule has 1 saturated carbocycles. The Morgan fingerprint density at radius 2 is 1.77 bits per heavy atom. The molecule has 0 heterocycles. The van der Waals surface area contributed by atoms with Gasteiger partial charge in [-0.2, -0.15) is 0 Å². The first-order valence-electron chi connectivity index (χ1n) is 5.53. The summed E-state index contributed by atoms with van der Waals surface area (Å²) in [6, 6.07) is 0. The molecule has 1 aliphatic rings. The molecule has 76 valence electrons. The fourth-order valence-electron chi connectivity index (χ4n) is 2.01. The Morgan fingerprint density at radius 1 is 1.23 bits per heavy atom. The summed E-state index contributed by atoms with van der Waals surface area (Å²) < 4.78 is 0. The van der Waals surface area contributed by atoms with Gasteiger partial charge < -0.3 is 0 Å². The monoisotopic (exact) mass is 182 g/mol. The van der Waals surface area contributed by atoms with E-state index in [2.05, 4.69) is 0 Å². The van der Waals surface area contributed by atoms with Crippen molar-refractivity contribution in [2.24, 2.45) is 11.3 Å². The highest BCUT2D eigenvalue weighted by Gasteiger charge is 2.23. The zero-order valence-electron chi connectivity index (χ0n) is 9.23. The maximum atomic E-state index is 11.6. The van der Waals surface area contributed by atoms with Crippen LogP contribution < -0.4 is 0 Å². The first-order chi connectivity index (χ1) is 6.00. The second-order valence-electron chi connectivity index (χ2n) is 5.36. The van der Waals surface area contributed by atoms with E-state index in [1.807, 2.05) is 20.8 Å². The second kappa shape index (κ2) is 4.26. The van der Waals surface area contributed by atoms with E-state index >= 15 is 0 Å². The second-order valence-corrected chi connectivity index (χ2v) is 5.36. The van der Waals surface area contributed by atoms with Crippen molar-refractivity contribution in [1.29, 1.82) is 0 Å². The molecule has 1 fully saturated rings. The molecule has 0 saturated heterocycles. The number of rotatable bonds is 3. The van der Waals surface area contributed by atoms with E-state index in [-0.39, 0.29) is 5.41 Å². The van der Waals surface area contributed by atoms with Crippen LogP contribution in [0, 0.1) is 11.3 Å². The van der Waals surface area contributed by atoms with Crippen LogP contribution in [0.5, 0.6) is 0 Å². The Balaban J connectivity index is 2.22. The summed E-state index contributed by atoms with van der Waals surface area (Å²) in [4.78, 5) is 11.6. The fourth-order valence-corrected chi connectivity index (χ4v) is 2.01. The predicted molar refractivity (Wildman–Crippen MR) is 55.7 cm³/mol. The molecule has 0 bridgehead atoms. The van der Waals surface area contributed by atoms with Crippen LogP contribution >= 0.6 is 0 Å². The molecule has 1 aliphatic carbocycles. The lowest BCUT2D eigenvalue weighted by atomic mass is 9.86. The molecule has 0 amide bonds. The summed E-state index contributed by atoms with van der Waals surface area (Å²) >= 11 is 0. The first-order valence-corrected chi connectivity index (χ1v) is 5.53. The summed E-state index contributed by atoms with van der Waals surface area (Å²) in [5.74, 6) is 1.28. The van der Waals surface area contributed by atoms with Gasteiger partial charge in [0, 0.05) is 11.8 Å². The van der Waals surface area contributed by atoms with Crippen molar-refractivity contribution in [2.45, 2.75) is 59.3 Å². The molecular formula is C12H22O. The molecule has 0 atom stereocenters. The standard InChI is InChI=1S/C12H22O/c1-12(2,3)11(13)9-8-10-6-4-5-7-10/h10H,4-9H2,1-3H3. The molecule has 0 spiro atoms. The molecule has 1 rings (SSSR count). The van der Waals surface area contributed by atoms with Crippen LogP contribution in [0.4, 0.5) is 0 Å². The van der Waals surface area contributed by atoms with E-state index < -0.39 is 0 Å². The Labute approximate surface area is 81.9 Å². The smallest absolute Gasteiger partial charge is 0.138 e. The molecule has 0 unspecified atom stereocenters. The van der Waals surface area contributed by atoms with Crippen LogP contribution in [0.15, 0.2) is 0 Å². The van der Waals surface area contributed by atoms with Crippen molar-refractivity contribution in [2.75, 3.05) is 0 Å². The van der Waals surface area contributed by atoms with Gasteiger partial charge in [0.2, 0.25) is 0 Å². The van der Waals surface area contributed by atoms with Gasteiger partial charge in [-0.15, -0.1) is 0 Å². The average molecular weight is 182 g/mol. The van der Waals surface area contributed by atoms with Gasteiger partial charge in [0.15, 0.2) is 0 Å². The van der Waals surface area contributed by atoms with Crippen LogP contribution in [0.3, 0.4) is 0 Å². The number of carbonyl (C=O) groups is 1. The van der Waals surface area contributed by atoms with Crippen molar-refractivity contribution in [3.05, 3.63) is 0 Å². The van der Waals surface area contributed by atoms with Gasteiger partial charge in [0.25, 0.3) is 0 Å². The molecule has 0 aromatic heterocycles. The molecule has 1 heteroatoms. The summed E-state index contributed by atoms with van der Waals surface area (Å²) in [6.07, 6.45) is 7.42. The molecule has 0 aliphatic heterocycles. The molecular weight excluding hydrogens is 160 g/mol. The summed E-state index contributed by atoms with van der Waals surface area (Å²) in [5, 5.41) is 0. The lowest BCUT2D eigenvalue weighted by Crippen LogP contribution is -2.20. The fraction of sp³-hybridized carbons (Fsp3) is 0.917. The minimum atomic E-state index is -0.126.